The van der Waals surface area contributed by atoms with Gasteiger partial charge in [-0.2, -0.15) is 0 Å². The molecule has 1 amide bonds. The Bertz CT molecular complexity index is 580. The first-order valence-electron chi connectivity index (χ1n) is 7.76. The number of amides is 1. The maximum Gasteiger partial charge on any atom is 0.337 e. The number of piperidine rings is 1. The molecule has 0 aromatic heterocycles. The Morgan fingerprint density at radius 3 is 2.48 bits per heavy atom. The van der Waals surface area contributed by atoms with Gasteiger partial charge in [-0.1, -0.05) is 0 Å². The summed E-state index contributed by atoms with van der Waals surface area (Å²) in [4.78, 5) is 25.8. The van der Waals surface area contributed by atoms with Crippen LogP contribution in [0.3, 0.4) is 0 Å². The van der Waals surface area contributed by atoms with Crippen molar-refractivity contribution in [2.45, 2.75) is 45.2 Å². The first-order valence-corrected chi connectivity index (χ1v) is 8.55. The molecule has 0 aliphatic carbocycles. The maximum absolute atomic E-state index is 12.4. The summed E-state index contributed by atoms with van der Waals surface area (Å²) in [5, 5.41) is 0. The van der Waals surface area contributed by atoms with Crippen molar-refractivity contribution < 1.29 is 19.1 Å². The van der Waals surface area contributed by atoms with Crippen molar-refractivity contribution in [3.8, 4) is 5.75 Å². The average Bonchev–Trinajstić information content (AvgIpc) is 2.52. The summed E-state index contributed by atoms with van der Waals surface area (Å²) < 4.78 is 10.9. The largest absolute Gasteiger partial charge is 0.483 e. The van der Waals surface area contributed by atoms with Crippen LogP contribution < -0.4 is 4.74 Å². The van der Waals surface area contributed by atoms with Gasteiger partial charge in [0.1, 0.15) is 5.75 Å². The molecule has 2 rings (SSSR count). The molecule has 0 N–H and O–H groups in total. The number of hydrogen-bond acceptors (Lipinski definition) is 4. The number of nitrogens with zero attached hydrogens (tertiary/aromatic N) is 1. The molecule has 1 aliphatic rings. The average molecular weight is 384 g/mol. The third kappa shape index (κ3) is 4.25. The molecule has 2 atom stereocenters. The molecule has 1 aromatic rings. The monoisotopic (exact) mass is 383 g/mol. The molecule has 1 fully saturated rings. The molecular formula is C17H22BrNO4. The number of esters is 1. The summed E-state index contributed by atoms with van der Waals surface area (Å²) in [7, 11) is 1.33. The lowest BCUT2D eigenvalue weighted by Crippen LogP contribution is -2.49. The highest BCUT2D eigenvalue weighted by molar-refractivity contribution is 9.10. The number of methoxy groups -OCH3 is 1. The first-order chi connectivity index (χ1) is 10.9. The van der Waals surface area contributed by atoms with Gasteiger partial charge in [0.15, 0.2) is 6.61 Å². The molecule has 5 nitrogen and oxygen atoms in total. The van der Waals surface area contributed by atoms with Gasteiger partial charge in [0.2, 0.25) is 0 Å². The van der Waals surface area contributed by atoms with Crippen LogP contribution in [0.5, 0.6) is 5.75 Å². The van der Waals surface area contributed by atoms with E-state index in [0.717, 1.165) is 19.3 Å². The van der Waals surface area contributed by atoms with Crippen molar-refractivity contribution >= 4 is 27.8 Å². The number of rotatable bonds is 4. The van der Waals surface area contributed by atoms with Crippen LogP contribution in [0.4, 0.5) is 0 Å². The minimum Gasteiger partial charge on any atom is -0.483 e. The van der Waals surface area contributed by atoms with Crippen LogP contribution in [0.25, 0.3) is 0 Å². The second kappa shape index (κ2) is 7.81. The minimum atomic E-state index is -0.413. The zero-order valence-corrected chi connectivity index (χ0v) is 15.3. The lowest BCUT2D eigenvalue weighted by atomic mass is 9.97. The highest BCUT2D eigenvalue weighted by Crippen LogP contribution is 2.27. The van der Waals surface area contributed by atoms with Crippen molar-refractivity contribution in [3.63, 3.8) is 0 Å². The molecule has 0 spiro atoms. The smallest absolute Gasteiger partial charge is 0.337 e. The molecule has 0 unspecified atom stereocenters. The summed E-state index contributed by atoms with van der Waals surface area (Å²) in [6.07, 6.45) is 3.23. The van der Waals surface area contributed by atoms with E-state index in [0.29, 0.717) is 15.8 Å². The zero-order chi connectivity index (χ0) is 17.0. The van der Waals surface area contributed by atoms with E-state index in [9.17, 15) is 9.59 Å². The predicted molar refractivity (Wildman–Crippen MR) is 90.6 cm³/mol. The molecule has 0 bridgehead atoms. The summed E-state index contributed by atoms with van der Waals surface area (Å²) in [6.45, 7) is 4.15. The zero-order valence-electron chi connectivity index (χ0n) is 13.7. The third-order valence-corrected chi connectivity index (χ3v) is 4.81. The highest BCUT2D eigenvalue weighted by atomic mass is 79.9. The Labute approximate surface area is 145 Å². The molecule has 0 saturated carbocycles. The molecule has 1 heterocycles. The number of carbonyl (C=O) groups is 2. The molecule has 1 aliphatic heterocycles. The lowest BCUT2D eigenvalue weighted by Gasteiger charge is -2.39. The van der Waals surface area contributed by atoms with Gasteiger partial charge in [0.25, 0.3) is 5.91 Å². The molecule has 23 heavy (non-hydrogen) atoms. The molecule has 126 valence electrons. The standard InChI is InChI=1S/C17H22BrNO4/c1-11-5-4-6-12(2)19(11)16(20)10-23-15-8-7-13(9-14(15)18)17(21)22-3/h7-9,11-12H,4-6,10H2,1-3H3/t11-,12-/m1/s1. The van der Waals surface area contributed by atoms with Crippen LogP contribution in [-0.4, -0.2) is 42.6 Å². The van der Waals surface area contributed by atoms with Crippen LogP contribution >= 0.6 is 15.9 Å². The Kier molecular flexibility index (Phi) is 6.04. The number of hydrogen-bond donors (Lipinski definition) is 0. The minimum absolute atomic E-state index is 0.00588. The number of halogens is 1. The van der Waals surface area contributed by atoms with Gasteiger partial charge in [-0.25, -0.2) is 4.79 Å². The van der Waals surface area contributed by atoms with E-state index in [2.05, 4.69) is 34.5 Å². The van der Waals surface area contributed by atoms with E-state index < -0.39 is 5.97 Å². The van der Waals surface area contributed by atoms with Crippen LogP contribution in [0.1, 0.15) is 43.5 Å². The number of likely N-dealkylation sites (tertiary alicyclic amines) is 1. The second-order valence-corrected chi connectivity index (χ2v) is 6.71. The quantitative estimate of drug-likeness (QED) is 0.747. The fraction of sp³-hybridized carbons (Fsp3) is 0.529. The Balaban J connectivity index is 2.00. The van der Waals surface area contributed by atoms with Gasteiger partial charge >= 0.3 is 5.97 Å². The topological polar surface area (TPSA) is 55.8 Å². The van der Waals surface area contributed by atoms with Crippen molar-refractivity contribution in [1.29, 1.82) is 0 Å². The Hall–Kier alpha value is -1.56. The maximum atomic E-state index is 12.4. The van der Waals surface area contributed by atoms with E-state index in [4.69, 9.17) is 4.74 Å². The molecular weight excluding hydrogens is 362 g/mol. The lowest BCUT2D eigenvalue weighted by molar-refractivity contribution is -0.139. The van der Waals surface area contributed by atoms with E-state index >= 15 is 0 Å². The van der Waals surface area contributed by atoms with Crippen LogP contribution in [-0.2, 0) is 9.53 Å². The summed E-state index contributed by atoms with van der Waals surface area (Å²) in [5.41, 5.74) is 0.427. The number of carbonyl (C=O) groups excluding carboxylic acids is 2. The van der Waals surface area contributed by atoms with Gasteiger partial charge in [0.05, 0.1) is 17.1 Å². The number of benzene rings is 1. The second-order valence-electron chi connectivity index (χ2n) is 5.86. The third-order valence-electron chi connectivity index (χ3n) is 4.19. The molecule has 1 aromatic carbocycles. The fourth-order valence-electron chi connectivity index (χ4n) is 2.99. The van der Waals surface area contributed by atoms with E-state index in [1.54, 1.807) is 18.2 Å². The van der Waals surface area contributed by atoms with Crippen LogP contribution in [0, 0.1) is 0 Å². The SMILES string of the molecule is COC(=O)c1ccc(OCC(=O)N2[C@H](C)CCC[C@H]2C)c(Br)c1. The number of ether oxygens (including phenoxy) is 2. The van der Waals surface area contributed by atoms with E-state index in [1.807, 2.05) is 4.90 Å². The highest BCUT2D eigenvalue weighted by Gasteiger charge is 2.29. The van der Waals surface area contributed by atoms with E-state index in [1.165, 1.54) is 7.11 Å². The normalized spacial score (nSPS) is 21.0. The van der Waals surface area contributed by atoms with Gasteiger partial charge < -0.3 is 14.4 Å². The van der Waals surface area contributed by atoms with Gasteiger partial charge in [-0.15, -0.1) is 0 Å². The van der Waals surface area contributed by atoms with Gasteiger partial charge in [0, 0.05) is 12.1 Å². The summed E-state index contributed by atoms with van der Waals surface area (Å²) >= 11 is 3.36. The fourth-order valence-corrected chi connectivity index (χ4v) is 3.48. The van der Waals surface area contributed by atoms with Crippen molar-refractivity contribution in [3.05, 3.63) is 28.2 Å². The Morgan fingerprint density at radius 1 is 1.26 bits per heavy atom. The molecule has 1 saturated heterocycles. The molecule has 0 radical (unpaired) electrons. The summed E-state index contributed by atoms with van der Waals surface area (Å²) in [5.74, 6) is 0.112. The predicted octanol–water partition coefficient (Wildman–Crippen LogP) is 3.40. The van der Waals surface area contributed by atoms with E-state index in [-0.39, 0.29) is 24.6 Å². The van der Waals surface area contributed by atoms with Crippen molar-refractivity contribution in [1.82, 2.24) is 4.90 Å². The van der Waals surface area contributed by atoms with Crippen LogP contribution in [0.15, 0.2) is 22.7 Å². The first kappa shape index (κ1) is 17.8. The van der Waals surface area contributed by atoms with Crippen molar-refractivity contribution in [2.24, 2.45) is 0 Å². The molecule has 6 heteroatoms. The summed E-state index contributed by atoms with van der Waals surface area (Å²) in [6, 6.07) is 5.40. The Morgan fingerprint density at radius 2 is 1.91 bits per heavy atom. The van der Waals surface area contributed by atoms with Gasteiger partial charge in [-0.3, -0.25) is 4.79 Å². The van der Waals surface area contributed by atoms with Crippen molar-refractivity contribution in [2.75, 3.05) is 13.7 Å². The van der Waals surface area contributed by atoms with Gasteiger partial charge in [-0.05, 0) is 67.2 Å². The van der Waals surface area contributed by atoms with Crippen LogP contribution in [0.2, 0.25) is 0 Å².